The third-order valence-corrected chi connectivity index (χ3v) is 6.36. The predicted molar refractivity (Wildman–Crippen MR) is 109 cm³/mol. The minimum atomic E-state index is -4.51. The molecule has 178 valence electrons. The molecule has 4 rings (SSSR count). The van der Waals surface area contributed by atoms with Crippen LogP contribution in [0.1, 0.15) is 18.2 Å². The van der Waals surface area contributed by atoms with Crippen LogP contribution in [0.2, 0.25) is 5.02 Å². The lowest BCUT2D eigenvalue weighted by atomic mass is 9.98. The topological polar surface area (TPSA) is 83.9 Å². The number of hydrogen-bond donors (Lipinski definition) is 1. The molecule has 0 saturated carbocycles. The van der Waals surface area contributed by atoms with Crippen LogP contribution >= 0.6 is 11.6 Å². The maximum atomic E-state index is 14.4. The molecule has 7 nitrogen and oxygen atoms in total. The first-order chi connectivity index (χ1) is 15.5. The van der Waals surface area contributed by atoms with Crippen LogP contribution in [0, 0.1) is 11.6 Å². The van der Waals surface area contributed by atoms with Crippen molar-refractivity contribution >= 4 is 27.5 Å². The van der Waals surface area contributed by atoms with E-state index in [0.29, 0.717) is 0 Å². The number of sulfonamides is 1. The molecule has 33 heavy (non-hydrogen) atoms. The molecule has 0 aliphatic carbocycles. The van der Waals surface area contributed by atoms with Crippen molar-refractivity contribution in [3.05, 3.63) is 52.8 Å². The standard InChI is InChI=1S/C19H16ClF5N4O3S/c20-10-4-11(17-12(22)2-1-3-13(17)23)18(26-6-10)14-5-16(27-32-14)29-7-15(19(24,25)8-29)28-33(30,31)9-21/h1-4,6,14-15,28H,5,7-9H2/t14?,15-/m1/s1. The Morgan fingerprint density at radius 2 is 1.97 bits per heavy atom. The Labute approximate surface area is 190 Å². The van der Waals surface area contributed by atoms with Gasteiger partial charge in [-0.2, -0.15) is 0 Å². The lowest BCUT2D eigenvalue weighted by molar-refractivity contribution is -0.00133. The highest BCUT2D eigenvalue weighted by molar-refractivity contribution is 7.89. The third kappa shape index (κ3) is 4.75. The van der Waals surface area contributed by atoms with E-state index in [9.17, 15) is 30.4 Å². The van der Waals surface area contributed by atoms with Gasteiger partial charge in [-0.25, -0.2) is 35.1 Å². The summed E-state index contributed by atoms with van der Waals surface area (Å²) in [5, 5.41) is 3.90. The highest BCUT2D eigenvalue weighted by atomic mass is 35.5. The van der Waals surface area contributed by atoms with E-state index in [0.717, 1.165) is 17.0 Å². The van der Waals surface area contributed by atoms with Gasteiger partial charge in [0, 0.05) is 18.3 Å². The summed E-state index contributed by atoms with van der Waals surface area (Å²) in [4.78, 5) is 10.5. The predicted octanol–water partition coefficient (Wildman–Crippen LogP) is 3.62. The fourth-order valence-electron chi connectivity index (χ4n) is 3.71. The summed E-state index contributed by atoms with van der Waals surface area (Å²) in [6, 6.07) is 0.927. The van der Waals surface area contributed by atoms with Crippen LogP contribution in [0.15, 0.2) is 35.6 Å². The fourth-order valence-corrected chi connectivity index (χ4v) is 4.61. The van der Waals surface area contributed by atoms with Crippen LogP contribution in [-0.4, -0.2) is 55.2 Å². The van der Waals surface area contributed by atoms with Crippen LogP contribution in [0.25, 0.3) is 11.1 Å². The molecule has 1 aromatic heterocycles. The summed E-state index contributed by atoms with van der Waals surface area (Å²) < 4.78 is 94.4. The summed E-state index contributed by atoms with van der Waals surface area (Å²) in [5.74, 6) is -5.16. The number of nitrogens with one attached hydrogen (secondary N) is 1. The van der Waals surface area contributed by atoms with Gasteiger partial charge in [-0.05, 0) is 18.2 Å². The number of benzene rings is 1. The van der Waals surface area contributed by atoms with Gasteiger partial charge in [0.1, 0.15) is 23.5 Å². The number of rotatable bonds is 5. The molecule has 1 fully saturated rings. The van der Waals surface area contributed by atoms with Crippen LogP contribution in [0.5, 0.6) is 0 Å². The quantitative estimate of drug-likeness (QED) is 0.621. The van der Waals surface area contributed by atoms with Gasteiger partial charge in [0.25, 0.3) is 5.92 Å². The monoisotopic (exact) mass is 510 g/mol. The summed E-state index contributed by atoms with van der Waals surface area (Å²) >= 11 is 5.97. The van der Waals surface area contributed by atoms with Crippen molar-refractivity contribution in [3.63, 3.8) is 0 Å². The Kier molecular flexibility index (Phi) is 6.22. The first kappa shape index (κ1) is 23.6. The number of pyridine rings is 1. The van der Waals surface area contributed by atoms with Crippen molar-refractivity contribution in [3.8, 4) is 11.1 Å². The average molecular weight is 511 g/mol. The average Bonchev–Trinajstić information content (AvgIpc) is 3.33. The van der Waals surface area contributed by atoms with Gasteiger partial charge in [0.2, 0.25) is 16.0 Å². The van der Waals surface area contributed by atoms with E-state index in [1.165, 1.54) is 18.3 Å². The fraction of sp³-hybridized carbons (Fsp3) is 0.368. The first-order valence-electron chi connectivity index (χ1n) is 9.52. The molecule has 0 bridgehead atoms. The Hall–Kier alpha value is -2.51. The SMILES string of the molecule is O=S(=O)(CF)N[C@@H]1CN(C2=NOC(c3ncc(Cl)cc3-c3c(F)cccc3F)C2)CC1(F)F. The number of halogens is 6. The third-order valence-electron chi connectivity index (χ3n) is 5.22. The Morgan fingerprint density at radius 1 is 1.27 bits per heavy atom. The molecule has 3 heterocycles. The van der Waals surface area contributed by atoms with Crippen molar-refractivity contribution < 1.29 is 35.2 Å². The number of oxime groups is 1. The van der Waals surface area contributed by atoms with Gasteiger partial charge in [0.05, 0.1) is 29.2 Å². The van der Waals surface area contributed by atoms with Crippen LogP contribution in [-0.2, 0) is 14.9 Å². The Morgan fingerprint density at radius 3 is 2.64 bits per heavy atom. The Bertz CT molecular complexity index is 1190. The van der Waals surface area contributed by atoms with Gasteiger partial charge >= 0.3 is 0 Å². The van der Waals surface area contributed by atoms with Crippen molar-refractivity contribution in [1.29, 1.82) is 0 Å². The number of amidine groups is 1. The zero-order chi connectivity index (χ0) is 24.0. The first-order valence-corrected chi connectivity index (χ1v) is 11.5. The number of hydrogen-bond acceptors (Lipinski definition) is 6. The van der Waals surface area contributed by atoms with E-state index in [1.807, 2.05) is 0 Å². The minimum Gasteiger partial charge on any atom is -0.384 e. The summed E-state index contributed by atoms with van der Waals surface area (Å²) in [5.41, 5.74) is -0.282. The van der Waals surface area contributed by atoms with Crippen LogP contribution in [0.4, 0.5) is 22.0 Å². The summed E-state index contributed by atoms with van der Waals surface area (Å²) in [7, 11) is -4.51. The zero-order valence-electron chi connectivity index (χ0n) is 16.6. The van der Waals surface area contributed by atoms with Gasteiger partial charge in [-0.15, -0.1) is 0 Å². The van der Waals surface area contributed by atoms with Crippen molar-refractivity contribution in [1.82, 2.24) is 14.6 Å². The molecule has 0 spiro atoms. The molecule has 0 radical (unpaired) electrons. The van der Waals surface area contributed by atoms with Crippen molar-refractivity contribution in [2.75, 3.05) is 19.1 Å². The van der Waals surface area contributed by atoms with E-state index in [4.69, 9.17) is 16.4 Å². The summed E-state index contributed by atoms with van der Waals surface area (Å²) in [6.07, 6.45) is 0.185. The molecule has 1 aromatic carbocycles. The molecule has 1 saturated heterocycles. The lowest BCUT2D eigenvalue weighted by Gasteiger charge is -2.17. The highest BCUT2D eigenvalue weighted by Crippen LogP contribution is 2.39. The van der Waals surface area contributed by atoms with E-state index in [1.54, 1.807) is 4.72 Å². The molecule has 14 heteroatoms. The van der Waals surface area contributed by atoms with Crippen molar-refractivity contribution in [2.45, 2.75) is 24.5 Å². The van der Waals surface area contributed by atoms with Gasteiger partial charge < -0.3 is 9.74 Å². The largest absolute Gasteiger partial charge is 0.384 e. The number of nitrogens with zero attached hydrogens (tertiary/aromatic N) is 3. The minimum absolute atomic E-state index is 0.0138. The molecular formula is C19H16ClF5N4O3S. The smallest absolute Gasteiger partial charge is 0.282 e. The normalized spacial score (nSPS) is 22.4. The number of alkyl halides is 3. The molecule has 1 N–H and O–H groups in total. The van der Waals surface area contributed by atoms with Gasteiger partial charge in [0.15, 0.2) is 6.10 Å². The second kappa shape index (κ2) is 8.69. The molecule has 0 amide bonds. The van der Waals surface area contributed by atoms with Gasteiger partial charge in [-0.1, -0.05) is 22.8 Å². The van der Waals surface area contributed by atoms with E-state index in [2.05, 4.69) is 10.1 Å². The molecule has 2 aromatic rings. The summed E-state index contributed by atoms with van der Waals surface area (Å²) in [6.45, 7) is -1.37. The molecule has 2 aliphatic heterocycles. The second-order valence-corrected chi connectivity index (χ2v) is 9.64. The zero-order valence-corrected chi connectivity index (χ0v) is 18.2. The highest BCUT2D eigenvalue weighted by Gasteiger charge is 2.51. The van der Waals surface area contributed by atoms with Crippen molar-refractivity contribution in [2.24, 2.45) is 5.16 Å². The number of aromatic nitrogens is 1. The van der Waals surface area contributed by atoms with E-state index < -0.39 is 58.8 Å². The molecular weight excluding hydrogens is 495 g/mol. The lowest BCUT2D eigenvalue weighted by Crippen LogP contribution is -2.47. The van der Waals surface area contributed by atoms with Crippen LogP contribution < -0.4 is 4.72 Å². The molecule has 2 atom stereocenters. The maximum Gasteiger partial charge on any atom is 0.282 e. The molecule has 2 aliphatic rings. The van der Waals surface area contributed by atoms with E-state index in [-0.39, 0.29) is 34.1 Å². The molecule has 1 unspecified atom stereocenters. The van der Waals surface area contributed by atoms with E-state index >= 15 is 0 Å². The van der Waals surface area contributed by atoms with Gasteiger partial charge in [-0.3, -0.25) is 4.98 Å². The van der Waals surface area contributed by atoms with Crippen LogP contribution in [0.3, 0.4) is 0 Å². The Balaban J connectivity index is 1.57. The second-order valence-electron chi connectivity index (χ2n) is 7.52. The number of likely N-dealkylation sites (tertiary alicyclic amines) is 1. The maximum absolute atomic E-state index is 14.4.